The first-order valence-corrected chi connectivity index (χ1v) is 6.42. The highest BCUT2D eigenvalue weighted by atomic mass is 19.1. The molecule has 1 aliphatic heterocycles. The van der Waals surface area contributed by atoms with Gasteiger partial charge in [0.2, 0.25) is 0 Å². The van der Waals surface area contributed by atoms with Crippen LogP contribution in [0.2, 0.25) is 0 Å². The molecule has 0 radical (unpaired) electrons. The van der Waals surface area contributed by atoms with E-state index in [0.29, 0.717) is 17.9 Å². The third-order valence-electron chi connectivity index (χ3n) is 3.25. The van der Waals surface area contributed by atoms with Crippen LogP contribution in [-0.2, 0) is 4.74 Å². The van der Waals surface area contributed by atoms with Gasteiger partial charge in [0.1, 0.15) is 24.3 Å². The normalized spacial score (nSPS) is 20.9. The summed E-state index contributed by atoms with van der Waals surface area (Å²) in [6, 6.07) is 4.94. The maximum absolute atomic E-state index is 13.3. The quantitative estimate of drug-likeness (QED) is 0.821. The molecule has 2 rings (SSSR count). The lowest BCUT2D eigenvalue weighted by atomic mass is 10.2. The van der Waals surface area contributed by atoms with Gasteiger partial charge in [-0.3, -0.25) is 4.90 Å². The van der Waals surface area contributed by atoms with E-state index in [1.165, 1.54) is 6.07 Å². The van der Waals surface area contributed by atoms with E-state index in [2.05, 4.69) is 11.8 Å². The average molecular weight is 253 g/mol. The molecule has 1 aliphatic rings. The fourth-order valence-corrected chi connectivity index (χ4v) is 2.02. The molecule has 1 unspecified atom stereocenters. The molecule has 1 fully saturated rings. The van der Waals surface area contributed by atoms with E-state index in [1.54, 1.807) is 19.1 Å². The van der Waals surface area contributed by atoms with Gasteiger partial charge >= 0.3 is 0 Å². The molecular weight excluding hydrogens is 233 g/mol. The van der Waals surface area contributed by atoms with Gasteiger partial charge < -0.3 is 9.47 Å². The van der Waals surface area contributed by atoms with E-state index < -0.39 is 0 Å². The van der Waals surface area contributed by atoms with Gasteiger partial charge in [0.05, 0.1) is 6.61 Å². The Morgan fingerprint density at radius 2 is 2.33 bits per heavy atom. The molecule has 0 spiro atoms. The zero-order valence-electron chi connectivity index (χ0n) is 11.0. The summed E-state index contributed by atoms with van der Waals surface area (Å²) >= 11 is 0. The average Bonchev–Trinajstić information content (AvgIpc) is 2.40. The fourth-order valence-electron chi connectivity index (χ4n) is 2.02. The van der Waals surface area contributed by atoms with Crippen LogP contribution in [0.25, 0.3) is 0 Å². The summed E-state index contributed by atoms with van der Waals surface area (Å²) in [6.45, 7) is 7.97. The highest BCUT2D eigenvalue weighted by Gasteiger charge is 2.19. The lowest BCUT2D eigenvalue weighted by molar-refractivity contribution is -0.0464. The molecule has 18 heavy (non-hydrogen) atoms. The number of benzene rings is 1. The summed E-state index contributed by atoms with van der Waals surface area (Å²) in [7, 11) is 0. The maximum Gasteiger partial charge on any atom is 0.129 e. The number of hydrogen-bond acceptors (Lipinski definition) is 3. The second kappa shape index (κ2) is 6.16. The summed E-state index contributed by atoms with van der Waals surface area (Å²) in [5.74, 6) is 0.336. The number of halogens is 1. The van der Waals surface area contributed by atoms with Crippen molar-refractivity contribution in [3.05, 3.63) is 29.6 Å². The van der Waals surface area contributed by atoms with Gasteiger partial charge in [-0.2, -0.15) is 0 Å². The topological polar surface area (TPSA) is 21.7 Å². The predicted molar refractivity (Wildman–Crippen MR) is 68.5 cm³/mol. The Morgan fingerprint density at radius 3 is 3.06 bits per heavy atom. The number of morpholine rings is 1. The Hall–Kier alpha value is -1.13. The molecular formula is C14H20FNO2. The summed E-state index contributed by atoms with van der Waals surface area (Å²) in [6.07, 6.45) is 0.0723. The van der Waals surface area contributed by atoms with E-state index >= 15 is 0 Å². The van der Waals surface area contributed by atoms with Crippen molar-refractivity contribution >= 4 is 0 Å². The van der Waals surface area contributed by atoms with Crippen molar-refractivity contribution in [1.82, 2.24) is 4.90 Å². The third-order valence-corrected chi connectivity index (χ3v) is 3.25. The van der Waals surface area contributed by atoms with Crippen LogP contribution in [0.5, 0.6) is 5.75 Å². The van der Waals surface area contributed by atoms with Gasteiger partial charge in [-0.15, -0.1) is 0 Å². The van der Waals surface area contributed by atoms with E-state index in [-0.39, 0.29) is 11.9 Å². The first kappa shape index (κ1) is 13.3. The standard InChI is InChI=1S/C14H20FNO2/c1-3-16-6-7-17-13(9-16)10-18-12-5-4-11(2)14(15)8-12/h4-5,8,13H,3,6-7,9-10H2,1-2H3. The molecule has 0 N–H and O–H groups in total. The molecule has 4 heteroatoms. The van der Waals surface area contributed by atoms with Crippen molar-refractivity contribution in [2.75, 3.05) is 32.8 Å². The Balaban J connectivity index is 1.85. The van der Waals surface area contributed by atoms with Crippen LogP contribution in [0.4, 0.5) is 4.39 Å². The van der Waals surface area contributed by atoms with Gasteiger partial charge in [-0.25, -0.2) is 4.39 Å². The van der Waals surface area contributed by atoms with Crippen molar-refractivity contribution in [3.8, 4) is 5.75 Å². The molecule has 0 aliphatic carbocycles. The summed E-state index contributed by atoms with van der Waals surface area (Å²) < 4.78 is 24.5. The second-order valence-corrected chi connectivity index (χ2v) is 4.61. The summed E-state index contributed by atoms with van der Waals surface area (Å²) in [5, 5.41) is 0. The SMILES string of the molecule is CCN1CCOC(COc2ccc(C)c(F)c2)C1. The number of rotatable bonds is 4. The van der Waals surface area contributed by atoms with Crippen LogP contribution >= 0.6 is 0 Å². The highest BCUT2D eigenvalue weighted by molar-refractivity contribution is 5.27. The minimum absolute atomic E-state index is 0.0723. The Morgan fingerprint density at radius 1 is 1.50 bits per heavy atom. The molecule has 0 saturated carbocycles. The Bertz CT molecular complexity index is 397. The van der Waals surface area contributed by atoms with Crippen LogP contribution in [0.3, 0.4) is 0 Å². The van der Waals surface area contributed by atoms with Crippen LogP contribution < -0.4 is 4.74 Å². The molecule has 0 amide bonds. The summed E-state index contributed by atoms with van der Waals surface area (Å²) in [4.78, 5) is 2.33. The van der Waals surface area contributed by atoms with Crippen LogP contribution in [0, 0.1) is 12.7 Å². The molecule has 1 saturated heterocycles. The molecule has 1 heterocycles. The van der Waals surface area contributed by atoms with Crippen molar-refractivity contribution in [1.29, 1.82) is 0 Å². The molecule has 100 valence electrons. The van der Waals surface area contributed by atoms with Crippen LogP contribution in [0.15, 0.2) is 18.2 Å². The zero-order valence-corrected chi connectivity index (χ0v) is 11.0. The van der Waals surface area contributed by atoms with Gasteiger partial charge in [0.25, 0.3) is 0 Å². The van der Waals surface area contributed by atoms with E-state index in [4.69, 9.17) is 9.47 Å². The molecule has 0 aromatic heterocycles. The maximum atomic E-state index is 13.3. The molecule has 0 bridgehead atoms. The van der Waals surface area contributed by atoms with Crippen LogP contribution in [0.1, 0.15) is 12.5 Å². The molecule has 3 nitrogen and oxygen atoms in total. The molecule has 1 atom stereocenters. The molecule has 1 aromatic rings. The highest BCUT2D eigenvalue weighted by Crippen LogP contribution is 2.16. The largest absolute Gasteiger partial charge is 0.491 e. The van der Waals surface area contributed by atoms with E-state index in [0.717, 1.165) is 26.2 Å². The van der Waals surface area contributed by atoms with E-state index in [1.807, 2.05) is 0 Å². The van der Waals surface area contributed by atoms with E-state index in [9.17, 15) is 4.39 Å². The number of ether oxygens (including phenoxy) is 2. The van der Waals surface area contributed by atoms with Crippen LogP contribution in [-0.4, -0.2) is 43.9 Å². The second-order valence-electron chi connectivity index (χ2n) is 4.61. The number of aryl methyl sites for hydroxylation is 1. The smallest absolute Gasteiger partial charge is 0.129 e. The Kier molecular flexibility index (Phi) is 4.55. The number of hydrogen-bond donors (Lipinski definition) is 0. The van der Waals surface area contributed by atoms with Gasteiger partial charge in [0.15, 0.2) is 0 Å². The molecule has 1 aromatic carbocycles. The number of likely N-dealkylation sites (N-methyl/N-ethyl adjacent to an activating group) is 1. The minimum atomic E-state index is -0.229. The van der Waals surface area contributed by atoms with Crippen molar-refractivity contribution in [3.63, 3.8) is 0 Å². The van der Waals surface area contributed by atoms with Gasteiger partial charge in [-0.05, 0) is 25.1 Å². The first-order chi connectivity index (χ1) is 8.69. The van der Waals surface area contributed by atoms with Crippen molar-refractivity contribution < 1.29 is 13.9 Å². The lowest BCUT2D eigenvalue weighted by Crippen LogP contribution is -2.44. The fraction of sp³-hybridized carbons (Fsp3) is 0.571. The van der Waals surface area contributed by atoms with Crippen molar-refractivity contribution in [2.45, 2.75) is 20.0 Å². The zero-order chi connectivity index (χ0) is 13.0. The Labute approximate surface area is 107 Å². The minimum Gasteiger partial charge on any atom is -0.491 e. The van der Waals surface area contributed by atoms with Gasteiger partial charge in [0, 0.05) is 19.2 Å². The lowest BCUT2D eigenvalue weighted by Gasteiger charge is -2.31. The number of nitrogens with zero attached hydrogens (tertiary/aromatic N) is 1. The van der Waals surface area contributed by atoms with Gasteiger partial charge in [-0.1, -0.05) is 13.0 Å². The summed E-state index contributed by atoms with van der Waals surface area (Å²) in [5.41, 5.74) is 0.633. The third kappa shape index (κ3) is 3.43. The first-order valence-electron chi connectivity index (χ1n) is 6.42. The monoisotopic (exact) mass is 253 g/mol. The van der Waals surface area contributed by atoms with Crippen molar-refractivity contribution in [2.24, 2.45) is 0 Å². The predicted octanol–water partition coefficient (Wildman–Crippen LogP) is 2.23.